The van der Waals surface area contributed by atoms with Gasteiger partial charge in [0.15, 0.2) is 0 Å². The summed E-state index contributed by atoms with van der Waals surface area (Å²) < 4.78 is 2.12. The molecule has 0 spiro atoms. The van der Waals surface area contributed by atoms with Crippen LogP contribution < -0.4 is 5.32 Å². The van der Waals surface area contributed by atoms with E-state index in [-0.39, 0.29) is 11.6 Å². The van der Waals surface area contributed by atoms with Crippen LogP contribution in [-0.4, -0.2) is 33.4 Å². The number of rotatable bonds is 4. The Hall–Kier alpha value is -3.15. The summed E-state index contributed by atoms with van der Waals surface area (Å²) in [6, 6.07) is 9.67. The van der Waals surface area contributed by atoms with Crippen LogP contribution in [0.25, 0.3) is 11.8 Å². The highest BCUT2D eigenvalue weighted by molar-refractivity contribution is 6.31. The minimum absolute atomic E-state index is 0.0191. The number of carbonyl (C=O) groups excluding carboxylic acids is 3. The van der Waals surface area contributed by atoms with Gasteiger partial charge in [-0.25, -0.2) is 4.79 Å². The van der Waals surface area contributed by atoms with Crippen LogP contribution in [0.1, 0.15) is 74.4 Å². The van der Waals surface area contributed by atoms with Crippen molar-refractivity contribution in [2.75, 3.05) is 0 Å². The Balaban J connectivity index is 1.68. The third-order valence-corrected chi connectivity index (χ3v) is 6.66. The molecule has 4 amide bonds. The molecule has 2 aliphatic rings. The molecule has 0 bridgehead atoms. The van der Waals surface area contributed by atoms with Crippen molar-refractivity contribution in [3.05, 3.63) is 58.4 Å². The van der Waals surface area contributed by atoms with Crippen molar-refractivity contribution in [2.24, 2.45) is 0 Å². The molecule has 6 heteroatoms. The first kappa shape index (κ1) is 22.1. The third-order valence-electron chi connectivity index (χ3n) is 6.66. The van der Waals surface area contributed by atoms with Gasteiger partial charge in [-0.1, -0.05) is 45.2 Å². The quantitative estimate of drug-likeness (QED) is 0.544. The number of barbiturate groups is 1. The Bertz CT molecular complexity index is 1090. The van der Waals surface area contributed by atoms with E-state index >= 15 is 0 Å². The van der Waals surface area contributed by atoms with E-state index in [0.717, 1.165) is 54.7 Å². The number of imide groups is 2. The highest BCUT2D eigenvalue weighted by Gasteiger charge is 2.40. The zero-order chi connectivity index (χ0) is 23.0. The number of benzene rings is 1. The molecule has 32 heavy (non-hydrogen) atoms. The molecule has 1 saturated heterocycles. The second-order valence-electron chi connectivity index (χ2n) is 9.19. The zero-order valence-corrected chi connectivity index (χ0v) is 19.3. The van der Waals surface area contributed by atoms with Crippen molar-refractivity contribution < 1.29 is 14.4 Å². The highest BCUT2D eigenvalue weighted by atomic mass is 16.2. The van der Waals surface area contributed by atoms with Crippen LogP contribution in [0.5, 0.6) is 0 Å². The Labute approximate surface area is 189 Å². The number of nitrogens with zero attached hydrogens (tertiary/aromatic N) is 2. The minimum Gasteiger partial charge on any atom is -0.318 e. The van der Waals surface area contributed by atoms with E-state index in [1.807, 2.05) is 19.9 Å². The van der Waals surface area contributed by atoms with Gasteiger partial charge >= 0.3 is 6.03 Å². The van der Waals surface area contributed by atoms with E-state index in [4.69, 9.17) is 0 Å². The highest BCUT2D eigenvalue weighted by Crippen LogP contribution is 2.28. The molecule has 1 N–H and O–H groups in total. The molecule has 1 aliphatic heterocycles. The van der Waals surface area contributed by atoms with Gasteiger partial charge in [0.2, 0.25) is 0 Å². The van der Waals surface area contributed by atoms with Gasteiger partial charge in [-0.05, 0) is 68.0 Å². The van der Waals surface area contributed by atoms with Crippen molar-refractivity contribution in [1.29, 1.82) is 0 Å². The molecule has 2 fully saturated rings. The molecule has 1 saturated carbocycles. The van der Waals surface area contributed by atoms with Gasteiger partial charge in [-0.15, -0.1) is 0 Å². The van der Waals surface area contributed by atoms with Gasteiger partial charge in [0.1, 0.15) is 5.57 Å². The fraction of sp³-hybridized carbons (Fsp3) is 0.423. The van der Waals surface area contributed by atoms with E-state index in [2.05, 4.69) is 48.0 Å². The first-order valence-corrected chi connectivity index (χ1v) is 11.5. The summed E-state index contributed by atoms with van der Waals surface area (Å²) in [6.45, 7) is 8.31. The van der Waals surface area contributed by atoms with Gasteiger partial charge in [0.05, 0.1) is 0 Å². The number of aromatic nitrogens is 1. The first-order valence-electron chi connectivity index (χ1n) is 11.5. The number of carbonyl (C=O) groups is 3. The van der Waals surface area contributed by atoms with E-state index in [9.17, 15) is 14.4 Å². The Morgan fingerprint density at radius 2 is 1.66 bits per heavy atom. The van der Waals surface area contributed by atoms with Gasteiger partial charge in [-0.3, -0.25) is 19.8 Å². The molecule has 2 aromatic rings. The van der Waals surface area contributed by atoms with E-state index < -0.39 is 17.8 Å². The van der Waals surface area contributed by atoms with Gasteiger partial charge in [0.25, 0.3) is 11.8 Å². The normalized spacial score (nSPS) is 19.2. The zero-order valence-electron chi connectivity index (χ0n) is 19.3. The number of aryl methyl sites for hydroxylation is 1. The summed E-state index contributed by atoms with van der Waals surface area (Å²) in [5.74, 6) is -0.656. The van der Waals surface area contributed by atoms with E-state index in [0.29, 0.717) is 5.92 Å². The Kier molecular flexibility index (Phi) is 6.04. The maximum absolute atomic E-state index is 13.2. The topological polar surface area (TPSA) is 71.4 Å². The van der Waals surface area contributed by atoms with Crippen LogP contribution in [0.15, 0.2) is 35.9 Å². The summed E-state index contributed by atoms with van der Waals surface area (Å²) in [5, 5.41) is 2.37. The Morgan fingerprint density at radius 3 is 2.28 bits per heavy atom. The summed E-state index contributed by atoms with van der Waals surface area (Å²) in [4.78, 5) is 39.5. The smallest absolute Gasteiger partial charge is 0.318 e. The van der Waals surface area contributed by atoms with Gasteiger partial charge < -0.3 is 4.57 Å². The van der Waals surface area contributed by atoms with E-state index in [1.54, 1.807) is 6.08 Å². The molecule has 1 aliphatic carbocycles. The van der Waals surface area contributed by atoms with Gasteiger partial charge in [-0.2, -0.15) is 0 Å². The van der Waals surface area contributed by atoms with Crippen LogP contribution in [-0.2, 0) is 9.59 Å². The lowest BCUT2D eigenvalue weighted by Gasteiger charge is -2.35. The fourth-order valence-corrected chi connectivity index (χ4v) is 4.84. The van der Waals surface area contributed by atoms with Crippen LogP contribution >= 0.6 is 0 Å². The van der Waals surface area contributed by atoms with Crippen molar-refractivity contribution >= 4 is 23.9 Å². The number of hydrogen-bond acceptors (Lipinski definition) is 3. The standard InChI is InChI=1S/C26H31N3O3/c1-16(2)19-10-12-22(13-11-19)28-17(3)14-20(18(28)4)15-23-24(30)27-26(32)29(25(23)31)21-8-6-5-7-9-21/h10-16,21H,5-9H2,1-4H3,(H,27,30,32). The van der Waals surface area contributed by atoms with Crippen LogP contribution in [0.2, 0.25) is 0 Å². The molecular formula is C26H31N3O3. The molecule has 0 radical (unpaired) electrons. The lowest BCUT2D eigenvalue weighted by molar-refractivity contribution is -0.132. The van der Waals surface area contributed by atoms with Crippen molar-refractivity contribution in [2.45, 2.75) is 71.8 Å². The van der Waals surface area contributed by atoms with Crippen LogP contribution in [0.3, 0.4) is 0 Å². The predicted molar refractivity (Wildman–Crippen MR) is 125 cm³/mol. The van der Waals surface area contributed by atoms with Crippen molar-refractivity contribution in [3.8, 4) is 5.69 Å². The largest absolute Gasteiger partial charge is 0.331 e. The fourth-order valence-electron chi connectivity index (χ4n) is 4.84. The molecule has 2 heterocycles. The minimum atomic E-state index is -0.627. The summed E-state index contributed by atoms with van der Waals surface area (Å²) in [6.07, 6.45) is 6.31. The molecule has 6 nitrogen and oxygen atoms in total. The molecule has 0 atom stereocenters. The monoisotopic (exact) mass is 433 g/mol. The van der Waals surface area contributed by atoms with Crippen molar-refractivity contribution in [3.63, 3.8) is 0 Å². The second kappa shape index (κ2) is 8.77. The number of urea groups is 1. The average molecular weight is 434 g/mol. The van der Waals surface area contributed by atoms with Crippen LogP contribution in [0, 0.1) is 13.8 Å². The lowest BCUT2D eigenvalue weighted by Crippen LogP contribution is -2.58. The predicted octanol–water partition coefficient (Wildman–Crippen LogP) is 5.01. The second-order valence-corrected chi connectivity index (χ2v) is 9.19. The summed E-state index contributed by atoms with van der Waals surface area (Å²) in [5.41, 5.74) is 5.07. The number of hydrogen-bond donors (Lipinski definition) is 1. The van der Waals surface area contributed by atoms with Gasteiger partial charge in [0, 0.05) is 23.1 Å². The van der Waals surface area contributed by atoms with Crippen LogP contribution in [0.4, 0.5) is 4.79 Å². The molecule has 0 unspecified atom stereocenters. The van der Waals surface area contributed by atoms with E-state index in [1.165, 1.54) is 10.5 Å². The number of nitrogens with one attached hydrogen (secondary N) is 1. The molecule has 1 aromatic carbocycles. The maximum atomic E-state index is 13.2. The SMILES string of the molecule is Cc1cc(C=C2C(=O)NC(=O)N(C3CCCCC3)C2=O)c(C)n1-c1ccc(C(C)C)cc1. The lowest BCUT2D eigenvalue weighted by atomic mass is 9.93. The molecular weight excluding hydrogens is 402 g/mol. The molecule has 4 rings (SSSR count). The maximum Gasteiger partial charge on any atom is 0.331 e. The first-order chi connectivity index (χ1) is 15.3. The molecule has 1 aromatic heterocycles. The summed E-state index contributed by atoms with van der Waals surface area (Å²) >= 11 is 0. The Morgan fingerprint density at radius 1 is 1.00 bits per heavy atom. The van der Waals surface area contributed by atoms with Crippen molar-refractivity contribution in [1.82, 2.24) is 14.8 Å². The summed E-state index contributed by atoms with van der Waals surface area (Å²) in [7, 11) is 0. The average Bonchev–Trinajstić information content (AvgIpc) is 3.04. The molecule has 168 valence electrons. The third kappa shape index (κ3) is 4.01. The number of amides is 4.